The number of rotatable bonds is 10. The smallest absolute Gasteiger partial charge is 0.408 e. The quantitative estimate of drug-likeness (QED) is 0.255. The standard InChI is InChI=1S/C35H42ClN3O4/c1-7-24-16-18-26(19-17-24)31(32(40)38-30-22(2)12-11-15-27(30)36)39(29-20-23(29)3)33(41)28(21-25-13-9-8-10-14-25)37-34(42)43-35(4,5)6/h8-19,23,28-29,31H,7,20-21H2,1-6H3,(H,37,42)(H,38,40). The van der Waals surface area contributed by atoms with Crippen LogP contribution in [0.25, 0.3) is 0 Å². The van der Waals surface area contributed by atoms with Crippen molar-refractivity contribution in [2.75, 3.05) is 5.32 Å². The fraction of sp³-hybridized carbons (Fsp3) is 0.400. The van der Waals surface area contributed by atoms with Gasteiger partial charge in [-0.2, -0.15) is 0 Å². The summed E-state index contributed by atoms with van der Waals surface area (Å²) in [7, 11) is 0. The van der Waals surface area contributed by atoms with Gasteiger partial charge in [-0.25, -0.2) is 4.79 Å². The second kappa shape index (κ2) is 13.6. The summed E-state index contributed by atoms with van der Waals surface area (Å²) in [5.41, 5.74) is 3.26. The van der Waals surface area contributed by atoms with Gasteiger partial charge in [0.25, 0.3) is 5.91 Å². The third-order valence-corrected chi connectivity index (χ3v) is 7.97. The van der Waals surface area contributed by atoms with Gasteiger partial charge < -0.3 is 20.3 Å². The topological polar surface area (TPSA) is 87.7 Å². The Balaban J connectivity index is 1.77. The summed E-state index contributed by atoms with van der Waals surface area (Å²) in [5.74, 6) is -0.529. The molecule has 2 N–H and O–H groups in total. The minimum Gasteiger partial charge on any atom is -0.444 e. The molecule has 4 rings (SSSR count). The summed E-state index contributed by atoms with van der Waals surface area (Å²) in [6.45, 7) is 11.3. The normalized spacial score (nSPS) is 17.4. The Bertz CT molecular complexity index is 1420. The van der Waals surface area contributed by atoms with Crippen molar-refractivity contribution in [2.24, 2.45) is 5.92 Å². The van der Waals surface area contributed by atoms with Gasteiger partial charge in [0, 0.05) is 12.5 Å². The van der Waals surface area contributed by atoms with Crippen LogP contribution in [-0.4, -0.2) is 40.5 Å². The van der Waals surface area contributed by atoms with Crippen molar-refractivity contribution in [1.29, 1.82) is 0 Å². The Morgan fingerprint density at radius 2 is 1.63 bits per heavy atom. The van der Waals surface area contributed by atoms with Crippen molar-refractivity contribution < 1.29 is 19.1 Å². The molecule has 0 heterocycles. The van der Waals surface area contributed by atoms with Crippen molar-refractivity contribution in [2.45, 2.75) is 84.5 Å². The Kier molecular flexibility index (Phi) is 10.2. The molecule has 7 nitrogen and oxygen atoms in total. The van der Waals surface area contributed by atoms with Crippen LogP contribution in [0.5, 0.6) is 0 Å². The third-order valence-electron chi connectivity index (χ3n) is 7.65. The van der Waals surface area contributed by atoms with E-state index in [2.05, 4.69) is 24.5 Å². The number of hydrogen-bond donors (Lipinski definition) is 2. The van der Waals surface area contributed by atoms with Crippen LogP contribution in [0, 0.1) is 12.8 Å². The van der Waals surface area contributed by atoms with Crippen molar-refractivity contribution in [1.82, 2.24) is 10.2 Å². The molecule has 0 bridgehead atoms. The van der Waals surface area contributed by atoms with E-state index >= 15 is 0 Å². The zero-order chi connectivity index (χ0) is 31.3. The molecule has 4 unspecified atom stereocenters. The van der Waals surface area contributed by atoms with E-state index in [9.17, 15) is 14.4 Å². The van der Waals surface area contributed by atoms with Gasteiger partial charge in [-0.1, -0.05) is 92.2 Å². The van der Waals surface area contributed by atoms with E-state index in [4.69, 9.17) is 16.3 Å². The number of alkyl carbamates (subject to hydrolysis) is 1. The average Bonchev–Trinajstić information content (AvgIpc) is 3.68. The van der Waals surface area contributed by atoms with E-state index in [-0.39, 0.29) is 30.2 Å². The molecule has 228 valence electrons. The van der Waals surface area contributed by atoms with Crippen molar-refractivity contribution in [3.05, 3.63) is 100 Å². The number of aryl methyl sites for hydroxylation is 2. The molecule has 3 aromatic rings. The van der Waals surface area contributed by atoms with Crippen molar-refractivity contribution in [3.8, 4) is 0 Å². The molecule has 1 aliphatic carbocycles. The molecule has 1 saturated carbocycles. The van der Waals surface area contributed by atoms with Crippen molar-refractivity contribution >= 4 is 35.2 Å². The number of halogens is 1. The van der Waals surface area contributed by atoms with E-state index in [1.165, 1.54) is 0 Å². The van der Waals surface area contributed by atoms with Gasteiger partial charge in [-0.15, -0.1) is 0 Å². The second-order valence-corrected chi connectivity index (χ2v) is 12.7. The fourth-order valence-corrected chi connectivity index (χ4v) is 5.48. The van der Waals surface area contributed by atoms with Gasteiger partial charge in [-0.05, 0) is 74.8 Å². The van der Waals surface area contributed by atoms with Crippen LogP contribution in [0.2, 0.25) is 5.02 Å². The highest BCUT2D eigenvalue weighted by Crippen LogP contribution is 2.41. The molecule has 3 amide bonds. The molecule has 43 heavy (non-hydrogen) atoms. The van der Waals surface area contributed by atoms with Gasteiger partial charge in [-0.3, -0.25) is 9.59 Å². The highest BCUT2D eigenvalue weighted by molar-refractivity contribution is 6.34. The molecule has 0 aromatic heterocycles. The number of anilines is 1. The van der Waals surface area contributed by atoms with Crippen LogP contribution in [0.4, 0.5) is 10.5 Å². The summed E-state index contributed by atoms with van der Waals surface area (Å²) in [5, 5.41) is 6.26. The number of carbonyl (C=O) groups is 3. The first-order valence-electron chi connectivity index (χ1n) is 14.9. The Hall–Kier alpha value is -3.84. The number of ether oxygens (including phenoxy) is 1. The number of benzene rings is 3. The van der Waals surface area contributed by atoms with E-state index in [0.29, 0.717) is 16.3 Å². The van der Waals surface area contributed by atoms with E-state index < -0.39 is 23.8 Å². The van der Waals surface area contributed by atoms with Crippen LogP contribution in [0.15, 0.2) is 72.8 Å². The lowest BCUT2D eigenvalue weighted by atomic mass is 9.98. The van der Waals surface area contributed by atoms with E-state index in [1.54, 1.807) is 31.7 Å². The van der Waals surface area contributed by atoms with Gasteiger partial charge in [0.15, 0.2) is 0 Å². The van der Waals surface area contributed by atoms with E-state index in [0.717, 1.165) is 29.5 Å². The molecular formula is C35H42ClN3O4. The van der Waals surface area contributed by atoms with Crippen LogP contribution in [0.3, 0.4) is 0 Å². The zero-order valence-corrected chi connectivity index (χ0v) is 26.6. The van der Waals surface area contributed by atoms with Gasteiger partial charge in [0.2, 0.25) is 5.91 Å². The minimum absolute atomic E-state index is 0.180. The van der Waals surface area contributed by atoms with Crippen LogP contribution < -0.4 is 10.6 Å². The van der Waals surface area contributed by atoms with Crippen molar-refractivity contribution in [3.63, 3.8) is 0 Å². The highest BCUT2D eigenvalue weighted by atomic mass is 35.5. The van der Waals surface area contributed by atoms with Crippen LogP contribution in [0.1, 0.15) is 69.3 Å². The Morgan fingerprint density at radius 1 is 0.977 bits per heavy atom. The number of para-hydroxylation sites is 1. The average molecular weight is 604 g/mol. The summed E-state index contributed by atoms with van der Waals surface area (Å²) in [6, 6.07) is 20.6. The number of amides is 3. The first-order valence-corrected chi connectivity index (χ1v) is 15.3. The molecule has 0 saturated heterocycles. The molecule has 1 fully saturated rings. The maximum atomic E-state index is 14.7. The predicted octanol–water partition coefficient (Wildman–Crippen LogP) is 7.26. The molecule has 1 aliphatic rings. The number of nitrogens with zero attached hydrogens (tertiary/aromatic N) is 1. The number of carbonyl (C=O) groups excluding carboxylic acids is 3. The highest BCUT2D eigenvalue weighted by Gasteiger charge is 2.48. The summed E-state index contributed by atoms with van der Waals surface area (Å²) >= 11 is 6.50. The summed E-state index contributed by atoms with van der Waals surface area (Å²) in [6.07, 6.45) is 1.14. The first kappa shape index (κ1) is 32.1. The molecule has 0 spiro atoms. The largest absolute Gasteiger partial charge is 0.444 e. The lowest BCUT2D eigenvalue weighted by molar-refractivity contribution is -0.141. The number of nitrogens with one attached hydrogen (secondary N) is 2. The maximum absolute atomic E-state index is 14.7. The molecule has 3 aromatic carbocycles. The summed E-state index contributed by atoms with van der Waals surface area (Å²) < 4.78 is 5.54. The summed E-state index contributed by atoms with van der Waals surface area (Å²) in [4.78, 5) is 43.6. The van der Waals surface area contributed by atoms with Crippen LogP contribution >= 0.6 is 11.6 Å². The molecular weight excluding hydrogens is 562 g/mol. The Labute approximate surface area is 260 Å². The molecule has 0 radical (unpaired) electrons. The monoisotopic (exact) mass is 603 g/mol. The SMILES string of the molecule is CCc1ccc(C(C(=O)Nc2c(C)cccc2Cl)N(C(=O)C(Cc2ccccc2)NC(=O)OC(C)(C)C)C2CC2C)cc1. The molecule has 8 heteroatoms. The fourth-order valence-electron chi connectivity index (χ4n) is 5.21. The second-order valence-electron chi connectivity index (χ2n) is 12.3. The predicted molar refractivity (Wildman–Crippen MR) is 171 cm³/mol. The van der Waals surface area contributed by atoms with Gasteiger partial charge in [0.1, 0.15) is 17.7 Å². The number of hydrogen-bond acceptors (Lipinski definition) is 4. The minimum atomic E-state index is -0.961. The maximum Gasteiger partial charge on any atom is 0.408 e. The van der Waals surface area contributed by atoms with Gasteiger partial charge in [0.05, 0.1) is 10.7 Å². The van der Waals surface area contributed by atoms with Crippen LogP contribution in [-0.2, 0) is 27.2 Å². The Morgan fingerprint density at radius 3 is 2.19 bits per heavy atom. The zero-order valence-electron chi connectivity index (χ0n) is 25.8. The first-order chi connectivity index (χ1) is 20.4. The lowest BCUT2D eigenvalue weighted by Crippen LogP contribution is -2.54. The lowest BCUT2D eigenvalue weighted by Gasteiger charge is -2.35. The third kappa shape index (κ3) is 8.38. The molecule has 0 aliphatic heterocycles. The van der Waals surface area contributed by atoms with E-state index in [1.807, 2.05) is 73.7 Å². The molecule has 4 atom stereocenters. The van der Waals surface area contributed by atoms with Gasteiger partial charge >= 0.3 is 6.09 Å².